The summed E-state index contributed by atoms with van der Waals surface area (Å²) in [6, 6.07) is 8.49. The lowest BCUT2D eigenvalue weighted by Gasteiger charge is -2.05. The first kappa shape index (κ1) is 15.2. The van der Waals surface area contributed by atoms with Gasteiger partial charge in [-0.3, -0.25) is 14.9 Å². The van der Waals surface area contributed by atoms with Crippen LogP contribution in [-0.4, -0.2) is 15.7 Å². The number of aryl methyl sites for hydroxylation is 2. The molecule has 0 spiro atoms. The molecule has 0 unspecified atom stereocenters. The first-order chi connectivity index (χ1) is 9.86. The summed E-state index contributed by atoms with van der Waals surface area (Å²) in [5, 5.41) is 11.8. The fraction of sp³-hybridized carbons (Fsp3) is 0.200. The Balaban J connectivity index is 2.39. The molecule has 1 aromatic heterocycles. The van der Waals surface area contributed by atoms with Crippen molar-refractivity contribution in [2.24, 2.45) is 0 Å². The molecule has 1 heterocycles. The summed E-state index contributed by atoms with van der Waals surface area (Å²) < 4.78 is 0. The highest BCUT2D eigenvalue weighted by Crippen LogP contribution is 2.31. The lowest BCUT2D eigenvalue weighted by atomic mass is 10.1. The van der Waals surface area contributed by atoms with Crippen LogP contribution in [0.5, 0.6) is 0 Å². The maximum absolute atomic E-state index is 11.4. The number of nitrogens with zero attached hydrogens (tertiary/aromatic N) is 2. The summed E-state index contributed by atoms with van der Waals surface area (Å²) in [5.41, 5.74) is 1.93. The standard InChI is InChI=1S/C15H14N2O3S/c1-9-6-10(2)16-15(7-9)21-12-4-5-13(11(3)18)14(8-12)17(19)20/h4-8H,1-3H3. The van der Waals surface area contributed by atoms with Gasteiger partial charge in [0.1, 0.15) is 5.03 Å². The van der Waals surface area contributed by atoms with Gasteiger partial charge in [-0.15, -0.1) is 0 Å². The molecular weight excluding hydrogens is 288 g/mol. The number of benzene rings is 1. The van der Waals surface area contributed by atoms with Crippen LogP contribution in [0, 0.1) is 24.0 Å². The average Bonchev–Trinajstić information content (AvgIpc) is 2.36. The predicted molar refractivity (Wildman–Crippen MR) is 80.9 cm³/mol. The number of ketones is 1. The van der Waals surface area contributed by atoms with E-state index in [2.05, 4.69) is 4.98 Å². The first-order valence-corrected chi connectivity index (χ1v) is 7.11. The Morgan fingerprint density at radius 2 is 1.95 bits per heavy atom. The predicted octanol–water partition coefficient (Wildman–Crippen LogP) is 3.96. The van der Waals surface area contributed by atoms with Crippen LogP contribution in [0.25, 0.3) is 0 Å². The molecule has 0 saturated heterocycles. The van der Waals surface area contributed by atoms with Gasteiger partial charge in [-0.05, 0) is 50.6 Å². The highest BCUT2D eigenvalue weighted by Gasteiger charge is 2.18. The Labute approximate surface area is 126 Å². The molecule has 2 rings (SSSR count). The van der Waals surface area contributed by atoms with Gasteiger partial charge < -0.3 is 0 Å². The molecule has 1 aromatic carbocycles. The molecule has 0 bridgehead atoms. The minimum atomic E-state index is -0.532. The number of nitro groups is 1. The molecule has 0 radical (unpaired) electrons. The number of carbonyl (C=O) groups is 1. The molecule has 0 atom stereocenters. The monoisotopic (exact) mass is 302 g/mol. The quantitative estimate of drug-likeness (QED) is 0.485. The highest BCUT2D eigenvalue weighted by atomic mass is 32.2. The van der Waals surface area contributed by atoms with Crippen molar-refractivity contribution in [2.45, 2.75) is 30.7 Å². The fourth-order valence-corrected chi connectivity index (χ4v) is 2.98. The molecule has 0 aliphatic carbocycles. The van der Waals surface area contributed by atoms with Crippen LogP contribution in [0.4, 0.5) is 5.69 Å². The molecule has 0 N–H and O–H groups in total. The number of pyridine rings is 1. The van der Waals surface area contributed by atoms with Gasteiger partial charge in [0, 0.05) is 16.7 Å². The van der Waals surface area contributed by atoms with Crippen molar-refractivity contribution >= 4 is 23.2 Å². The Morgan fingerprint density at radius 3 is 2.52 bits per heavy atom. The molecule has 0 aliphatic rings. The Bertz CT molecular complexity index is 709. The van der Waals surface area contributed by atoms with Crippen molar-refractivity contribution in [1.29, 1.82) is 0 Å². The number of rotatable bonds is 4. The van der Waals surface area contributed by atoms with Gasteiger partial charge in [-0.1, -0.05) is 11.8 Å². The normalized spacial score (nSPS) is 10.4. The van der Waals surface area contributed by atoms with Gasteiger partial charge >= 0.3 is 0 Å². The summed E-state index contributed by atoms with van der Waals surface area (Å²) in [7, 11) is 0. The van der Waals surface area contributed by atoms with E-state index >= 15 is 0 Å². The third-order valence-electron chi connectivity index (χ3n) is 2.84. The summed E-state index contributed by atoms with van der Waals surface area (Å²) in [4.78, 5) is 27.0. The third kappa shape index (κ3) is 3.66. The Kier molecular flexibility index (Phi) is 4.37. The van der Waals surface area contributed by atoms with Crippen LogP contribution in [0.15, 0.2) is 40.3 Å². The molecule has 0 aliphatic heterocycles. The van der Waals surface area contributed by atoms with E-state index in [1.165, 1.54) is 30.8 Å². The maximum Gasteiger partial charge on any atom is 0.281 e. The van der Waals surface area contributed by atoms with Crippen LogP contribution < -0.4 is 0 Å². The second kappa shape index (κ2) is 6.05. The number of hydrogen-bond donors (Lipinski definition) is 0. The SMILES string of the molecule is CC(=O)c1ccc(Sc2cc(C)cc(C)n2)cc1[N+](=O)[O-]. The smallest absolute Gasteiger partial charge is 0.281 e. The summed E-state index contributed by atoms with van der Waals surface area (Å²) in [6.07, 6.45) is 0. The van der Waals surface area contributed by atoms with E-state index in [1.807, 2.05) is 26.0 Å². The second-order valence-corrected chi connectivity index (χ2v) is 5.81. The molecule has 0 fully saturated rings. The zero-order valence-electron chi connectivity index (χ0n) is 11.9. The third-order valence-corrected chi connectivity index (χ3v) is 3.75. The number of carbonyl (C=O) groups excluding carboxylic acids is 1. The zero-order valence-corrected chi connectivity index (χ0v) is 12.7. The van der Waals surface area contributed by atoms with E-state index < -0.39 is 4.92 Å². The van der Waals surface area contributed by atoms with Gasteiger partial charge in [-0.2, -0.15) is 0 Å². The number of nitro benzene ring substituents is 1. The molecule has 0 amide bonds. The van der Waals surface area contributed by atoms with Crippen molar-refractivity contribution in [3.05, 3.63) is 57.3 Å². The topological polar surface area (TPSA) is 73.1 Å². The first-order valence-electron chi connectivity index (χ1n) is 6.29. The van der Waals surface area contributed by atoms with Crippen molar-refractivity contribution in [3.63, 3.8) is 0 Å². The van der Waals surface area contributed by atoms with Crippen LogP contribution in [0.2, 0.25) is 0 Å². The van der Waals surface area contributed by atoms with E-state index in [0.29, 0.717) is 4.90 Å². The number of aromatic nitrogens is 1. The van der Waals surface area contributed by atoms with Crippen molar-refractivity contribution in [2.75, 3.05) is 0 Å². The Morgan fingerprint density at radius 1 is 1.24 bits per heavy atom. The van der Waals surface area contributed by atoms with Crippen molar-refractivity contribution in [3.8, 4) is 0 Å². The second-order valence-electron chi connectivity index (χ2n) is 4.72. The molecule has 5 nitrogen and oxygen atoms in total. The zero-order chi connectivity index (χ0) is 15.6. The van der Waals surface area contributed by atoms with Gasteiger partial charge in [0.2, 0.25) is 0 Å². The van der Waals surface area contributed by atoms with E-state index in [1.54, 1.807) is 6.07 Å². The van der Waals surface area contributed by atoms with E-state index in [4.69, 9.17) is 0 Å². The van der Waals surface area contributed by atoms with E-state index in [9.17, 15) is 14.9 Å². The minimum absolute atomic E-state index is 0.123. The molecule has 2 aromatic rings. The van der Waals surface area contributed by atoms with Gasteiger partial charge in [0.25, 0.3) is 5.69 Å². The van der Waals surface area contributed by atoms with Gasteiger partial charge in [0.15, 0.2) is 5.78 Å². The summed E-state index contributed by atoms with van der Waals surface area (Å²) in [6.45, 7) is 5.19. The van der Waals surface area contributed by atoms with Gasteiger partial charge in [-0.25, -0.2) is 4.98 Å². The van der Waals surface area contributed by atoms with Crippen LogP contribution in [-0.2, 0) is 0 Å². The average molecular weight is 302 g/mol. The molecule has 21 heavy (non-hydrogen) atoms. The maximum atomic E-state index is 11.4. The number of Topliss-reactive ketones (excluding diaryl/α,β-unsaturated/α-hetero) is 1. The van der Waals surface area contributed by atoms with Gasteiger partial charge in [0.05, 0.1) is 10.5 Å². The van der Waals surface area contributed by atoms with Crippen LogP contribution in [0.3, 0.4) is 0 Å². The summed E-state index contributed by atoms with van der Waals surface area (Å²) >= 11 is 1.34. The summed E-state index contributed by atoms with van der Waals surface area (Å²) in [5.74, 6) is -0.317. The molecule has 0 saturated carbocycles. The van der Waals surface area contributed by atoms with Crippen molar-refractivity contribution in [1.82, 2.24) is 4.98 Å². The fourth-order valence-electron chi connectivity index (χ4n) is 2.00. The van der Waals surface area contributed by atoms with Crippen LogP contribution >= 0.6 is 11.8 Å². The van der Waals surface area contributed by atoms with E-state index in [-0.39, 0.29) is 17.0 Å². The molecular formula is C15H14N2O3S. The van der Waals surface area contributed by atoms with E-state index in [0.717, 1.165) is 16.3 Å². The van der Waals surface area contributed by atoms with Crippen LogP contribution in [0.1, 0.15) is 28.5 Å². The Hall–Kier alpha value is -2.21. The van der Waals surface area contributed by atoms with Crippen molar-refractivity contribution < 1.29 is 9.72 Å². The minimum Gasteiger partial charge on any atom is -0.294 e. The largest absolute Gasteiger partial charge is 0.294 e. The lowest BCUT2D eigenvalue weighted by molar-refractivity contribution is -0.385. The number of hydrogen-bond acceptors (Lipinski definition) is 5. The highest BCUT2D eigenvalue weighted by molar-refractivity contribution is 7.99. The molecule has 6 heteroatoms. The lowest BCUT2D eigenvalue weighted by Crippen LogP contribution is -2.00. The molecule has 108 valence electrons.